The minimum absolute atomic E-state index is 0.0859. The topological polar surface area (TPSA) is 30.8 Å². The standard InChI is InChI=1S/C12H13NO2/c1-2-14-12-13-10-7-8-5-3-4-6-9(8)11(10)15-12/h3-6,10-11H,2,7H2,1H3/t10-,11+/m0/s1. The number of benzene rings is 1. The van der Waals surface area contributed by atoms with Crippen molar-refractivity contribution in [1.82, 2.24) is 0 Å². The van der Waals surface area contributed by atoms with Crippen LogP contribution in [-0.2, 0) is 15.9 Å². The van der Waals surface area contributed by atoms with E-state index in [0.29, 0.717) is 12.7 Å². The van der Waals surface area contributed by atoms with Gasteiger partial charge >= 0.3 is 6.08 Å². The Morgan fingerprint density at radius 3 is 3.20 bits per heavy atom. The Morgan fingerprint density at radius 2 is 2.33 bits per heavy atom. The number of aliphatic imine (C=N–C) groups is 1. The van der Waals surface area contributed by atoms with Crippen LogP contribution in [0.25, 0.3) is 0 Å². The zero-order valence-electron chi connectivity index (χ0n) is 8.64. The van der Waals surface area contributed by atoms with Crippen molar-refractivity contribution in [3.63, 3.8) is 0 Å². The van der Waals surface area contributed by atoms with E-state index in [0.717, 1.165) is 6.42 Å². The van der Waals surface area contributed by atoms with Crippen LogP contribution in [0.2, 0.25) is 0 Å². The van der Waals surface area contributed by atoms with E-state index < -0.39 is 0 Å². The largest absolute Gasteiger partial charge is 0.451 e. The summed E-state index contributed by atoms with van der Waals surface area (Å²) < 4.78 is 11.0. The molecule has 3 heteroatoms. The minimum atomic E-state index is 0.0859. The first-order chi connectivity index (χ1) is 7.38. The smallest absolute Gasteiger partial charge is 0.384 e. The second kappa shape index (κ2) is 3.26. The van der Waals surface area contributed by atoms with Crippen molar-refractivity contribution in [3.8, 4) is 0 Å². The molecule has 3 rings (SSSR count). The SMILES string of the molecule is CCOC1=N[C@H]2Cc3ccccc3[C@H]2O1. The van der Waals surface area contributed by atoms with Gasteiger partial charge in [0.25, 0.3) is 0 Å². The van der Waals surface area contributed by atoms with Gasteiger partial charge in [-0.05, 0) is 24.5 Å². The van der Waals surface area contributed by atoms with Crippen molar-refractivity contribution in [3.05, 3.63) is 35.4 Å². The first-order valence-electron chi connectivity index (χ1n) is 5.33. The molecule has 1 aliphatic carbocycles. The van der Waals surface area contributed by atoms with Gasteiger partial charge in [-0.1, -0.05) is 24.3 Å². The van der Waals surface area contributed by atoms with Gasteiger partial charge in [-0.3, -0.25) is 0 Å². The Kier molecular flexibility index (Phi) is 1.91. The molecule has 0 saturated carbocycles. The van der Waals surface area contributed by atoms with Crippen molar-refractivity contribution in [2.24, 2.45) is 4.99 Å². The molecule has 1 aromatic carbocycles. The highest BCUT2D eigenvalue weighted by Crippen LogP contribution is 2.39. The Morgan fingerprint density at radius 1 is 1.47 bits per heavy atom. The lowest BCUT2D eigenvalue weighted by molar-refractivity contribution is 0.135. The van der Waals surface area contributed by atoms with Crippen molar-refractivity contribution >= 4 is 6.08 Å². The molecule has 2 aliphatic rings. The summed E-state index contributed by atoms with van der Waals surface area (Å²) in [5.74, 6) is 0. The van der Waals surface area contributed by atoms with Crippen LogP contribution in [0.4, 0.5) is 0 Å². The van der Waals surface area contributed by atoms with Gasteiger partial charge in [-0.25, -0.2) is 4.99 Å². The number of rotatable bonds is 1. The molecule has 0 fully saturated rings. The average molecular weight is 203 g/mol. The number of hydrogen-bond donors (Lipinski definition) is 0. The molecule has 0 N–H and O–H groups in total. The number of fused-ring (bicyclic) bond motifs is 3. The molecule has 2 atom stereocenters. The van der Waals surface area contributed by atoms with Crippen molar-refractivity contribution in [2.75, 3.05) is 6.61 Å². The summed E-state index contributed by atoms with van der Waals surface area (Å²) in [4.78, 5) is 4.43. The zero-order chi connectivity index (χ0) is 10.3. The van der Waals surface area contributed by atoms with Crippen LogP contribution in [-0.4, -0.2) is 18.7 Å². The van der Waals surface area contributed by atoms with Crippen LogP contribution in [0, 0.1) is 0 Å². The van der Waals surface area contributed by atoms with Crippen LogP contribution in [0.5, 0.6) is 0 Å². The summed E-state index contributed by atoms with van der Waals surface area (Å²) in [5.41, 5.74) is 2.62. The van der Waals surface area contributed by atoms with Gasteiger partial charge in [0.05, 0.1) is 6.61 Å². The van der Waals surface area contributed by atoms with E-state index in [4.69, 9.17) is 9.47 Å². The molecule has 3 nitrogen and oxygen atoms in total. The van der Waals surface area contributed by atoms with Gasteiger partial charge in [0, 0.05) is 0 Å². The quantitative estimate of drug-likeness (QED) is 0.699. The molecule has 1 aliphatic heterocycles. The number of nitrogens with zero attached hydrogens (tertiary/aromatic N) is 1. The van der Waals surface area contributed by atoms with Crippen LogP contribution >= 0.6 is 0 Å². The molecular formula is C12H13NO2. The minimum Gasteiger partial charge on any atom is -0.451 e. The lowest BCUT2D eigenvalue weighted by Crippen LogP contribution is -2.09. The van der Waals surface area contributed by atoms with E-state index >= 15 is 0 Å². The van der Waals surface area contributed by atoms with E-state index in [1.54, 1.807) is 0 Å². The summed E-state index contributed by atoms with van der Waals surface area (Å²) in [6.07, 6.45) is 1.52. The lowest BCUT2D eigenvalue weighted by Gasteiger charge is -2.10. The van der Waals surface area contributed by atoms with Crippen LogP contribution in [0.1, 0.15) is 24.2 Å². The molecule has 0 aromatic heterocycles. The highest BCUT2D eigenvalue weighted by molar-refractivity contribution is 5.70. The van der Waals surface area contributed by atoms with E-state index in [-0.39, 0.29) is 12.1 Å². The van der Waals surface area contributed by atoms with E-state index in [9.17, 15) is 0 Å². The summed E-state index contributed by atoms with van der Waals surface area (Å²) in [6.45, 7) is 2.55. The van der Waals surface area contributed by atoms with Gasteiger partial charge < -0.3 is 9.47 Å². The first kappa shape index (κ1) is 8.77. The summed E-state index contributed by atoms with van der Waals surface area (Å²) >= 11 is 0. The number of hydrogen-bond acceptors (Lipinski definition) is 3. The maximum atomic E-state index is 5.68. The third-order valence-electron chi connectivity index (χ3n) is 2.91. The Balaban J connectivity index is 1.87. The van der Waals surface area contributed by atoms with Gasteiger partial charge in [0.1, 0.15) is 6.04 Å². The maximum Gasteiger partial charge on any atom is 0.384 e. The van der Waals surface area contributed by atoms with E-state index in [2.05, 4.69) is 23.2 Å². The van der Waals surface area contributed by atoms with E-state index in [1.165, 1.54) is 11.1 Å². The third-order valence-corrected chi connectivity index (χ3v) is 2.91. The molecule has 0 amide bonds. The van der Waals surface area contributed by atoms with E-state index in [1.807, 2.05) is 13.0 Å². The molecule has 1 aromatic rings. The molecule has 0 radical (unpaired) electrons. The van der Waals surface area contributed by atoms with Gasteiger partial charge in [0.15, 0.2) is 6.10 Å². The van der Waals surface area contributed by atoms with Gasteiger partial charge in [-0.2, -0.15) is 0 Å². The molecule has 0 bridgehead atoms. The molecule has 0 saturated heterocycles. The second-order valence-electron chi connectivity index (χ2n) is 3.84. The Hall–Kier alpha value is -1.51. The zero-order valence-corrected chi connectivity index (χ0v) is 8.64. The molecule has 15 heavy (non-hydrogen) atoms. The first-order valence-corrected chi connectivity index (χ1v) is 5.33. The molecule has 0 unspecified atom stereocenters. The highest BCUT2D eigenvalue weighted by atomic mass is 16.7. The predicted molar refractivity (Wildman–Crippen MR) is 56.8 cm³/mol. The fourth-order valence-electron chi connectivity index (χ4n) is 2.26. The molecule has 78 valence electrons. The summed E-state index contributed by atoms with van der Waals surface area (Å²) in [6, 6.07) is 8.59. The van der Waals surface area contributed by atoms with Gasteiger partial charge in [0.2, 0.25) is 0 Å². The van der Waals surface area contributed by atoms with Crippen LogP contribution in [0.3, 0.4) is 0 Å². The third kappa shape index (κ3) is 1.30. The predicted octanol–water partition coefficient (Wildman–Crippen LogP) is 2.08. The molecule has 1 heterocycles. The fourth-order valence-corrected chi connectivity index (χ4v) is 2.26. The number of ether oxygens (including phenoxy) is 2. The average Bonchev–Trinajstić information content (AvgIpc) is 2.75. The lowest BCUT2D eigenvalue weighted by atomic mass is 10.1. The highest BCUT2D eigenvalue weighted by Gasteiger charge is 2.39. The van der Waals surface area contributed by atoms with Crippen molar-refractivity contribution in [2.45, 2.75) is 25.5 Å². The maximum absolute atomic E-state index is 5.68. The summed E-state index contributed by atoms with van der Waals surface area (Å²) in [7, 11) is 0. The molecule has 0 spiro atoms. The Labute approximate surface area is 88.7 Å². The van der Waals surface area contributed by atoms with Crippen LogP contribution in [0.15, 0.2) is 29.3 Å². The van der Waals surface area contributed by atoms with Gasteiger partial charge in [-0.15, -0.1) is 0 Å². The van der Waals surface area contributed by atoms with Crippen molar-refractivity contribution in [1.29, 1.82) is 0 Å². The summed E-state index contributed by atoms with van der Waals surface area (Å²) in [5, 5.41) is 0. The molecular weight excluding hydrogens is 190 g/mol. The fraction of sp³-hybridized carbons (Fsp3) is 0.417. The van der Waals surface area contributed by atoms with Crippen LogP contribution < -0.4 is 0 Å². The van der Waals surface area contributed by atoms with Crippen molar-refractivity contribution < 1.29 is 9.47 Å². The Bertz CT molecular complexity index is 414. The second-order valence-corrected chi connectivity index (χ2v) is 3.84. The monoisotopic (exact) mass is 203 g/mol. The normalized spacial score (nSPS) is 26.6.